The predicted octanol–water partition coefficient (Wildman–Crippen LogP) is 4.57. The molecule has 0 saturated carbocycles. The highest BCUT2D eigenvalue weighted by Crippen LogP contribution is 2.26. The summed E-state index contributed by atoms with van der Waals surface area (Å²) in [5.41, 5.74) is 3.27. The lowest BCUT2D eigenvalue weighted by molar-refractivity contribution is 0.712. The van der Waals surface area contributed by atoms with E-state index < -0.39 is 0 Å². The molecule has 102 valence electrons. The molecular formula is C14H17BrClN3. The van der Waals surface area contributed by atoms with Gasteiger partial charge in [-0.3, -0.25) is 4.68 Å². The minimum absolute atomic E-state index is 0.415. The fraction of sp³-hybridized carbons (Fsp3) is 0.357. The van der Waals surface area contributed by atoms with Gasteiger partial charge < -0.3 is 5.32 Å². The Balaban J connectivity index is 2.14. The zero-order valence-electron chi connectivity index (χ0n) is 11.2. The van der Waals surface area contributed by atoms with E-state index in [4.69, 9.17) is 11.6 Å². The van der Waals surface area contributed by atoms with Gasteiger partial charge >= 0.3 is 0 Å². The summed E-state index contributed by atoms with van der Waals surface area (Å²) in [5, 5.41) is 8.57. The van der Waals surface area contributed by atoms with Gasteiger partial charge in [-0.1, -0.05) is 41.4 Å². The molecule has 0 bridgehead atoms. The lowest BCUT2D eigenvalue weighted by Gasteiger charge is -2.10. The van der Waals surface area contributed by atoms with Crippen LogP contribution in [0.15, 0.2) is 28.9 Å². The van der Waals surface area contributed by atoms with Crippen molar-refractivity contribution in [2.75, 3.05) is 5.32 Å². The van der Waals surface area contributed by atoms with Crippen LogP contribution < -0.4 is 5.32 Å². The van der Waals surface area contributed by atoms with Crippen LogP contribution >= 0.6 is 27.5 Å². The fourth-order valence-electron chi connectivity index (χ4n) is 2.00. The monoisotopic (exact) mass is 341 g/mol. The third kappa shape index (κ3) is 3.51. The third-order valence-corrected chi connectivity index (χ3v) is 3.69. The lowest BCUT2D eigenvalue weighted by Crippen LogP contribution is -2.03. The molecule has 1 aromatic carbocycles. The molecule has 0 fully saturated rings. The van der Waals surface area contributed by atoms with E-state index in [1.54, 1.807) is 0 Å². The van der Waals surface area contributed by atoms with Crippen molar-refractivity contribution < 1.29 is 0 Å². The van der Waals surface area contributed by atoms with E-state index in [0.29, 0.717) is 10.9 Å². The van der Waals surface area contributed by atoms with Crippen LogP contribution in [-0.4, -0.2) is 9.78 Å². The Labute approximate surface area is 127 Å². The van der Waals surface area contributed by atoms with Crippen LogP contribution in [0.1, 0.15) is 31.0 Å². The van der Waals surface area contributed by atoms with Gasteiger partial charge in [0.1, 0.15) is 0 Å². The first-order chi connectivity index (χ1) is 8.97. The maximum absolute atomic E-state index is 6.19. The van der Waals surface area contributed by atoms with Crippen LogP contribution in [-0.2, 0) is 13.6 Å². The van der Waals surface area contributed by atoms with Crippen LogP contribution in [0.25, 0.3) is 0 Å². The summed E-state index contributed by atoms with van der Waals surface area (Å²) in [6.07, 6.45) is 2.05. The maximum Gasteiger partial charge on any atom is 0.0699 e. The molecule has 19 heavy (non-hydrogen) atoms. The van der Waals surface area contributed by atoms with Gasteiger partial charge in [-0.15, -0.1) is 0 Å². The van der Waals surface area contributed by atoms with Gasteiger partial charge in [0.05, 0.1) is 16.4 Å². The number of anilines is 1. The smallest absolute Gasteiger partial charge is 0.0699 e. The molecule has 0 aliphatic carbocycles. The molecule has 2 aromatic rings. The van der Waals surface area contributed by atoms with E-state index in [1.807, 2.05) is 29.9 Å². The first-order valence-electron chi connectivity index (χ1n) is 6.18. The normalized spacial score (nSPS) is 11.1. The predicted molar refractivity (Wildman–Crippen MR) is 83.8 cm³/mol. The molecule has 2 rings (SSSR count). The second-order valence-electron chi connectivity index (χ2n) is 4.85. The molecule has 0 aliphatic heterocycles. The minimum Gasteiger partial charge on any atom is -0.380 e. The summed E-state index contributed by atoms with van der Waals surface area (Å²) in [5.74, 6) is 0.415. The van der Waals surface area contributed by atoms with E-state index in [0.717, 1.165) is 22.4 Å². The number of aryl methyl sites for hydroxylation is 1. The molecule has 3 nitrogen and oxygen atoms in total. The van der Waals surface area contributed by atoms with Crippen molar-refractivity contribution in [2.45, 2.75) is 26.3 Å². The van der Waals surface area contributed by atoms with Crippen molar-refractivity contribution in [3.05, 3.63) is 45.1 Å². The Morgan fingerprint density at radius 3 is 2.79 bits per heavy atom. The standard InChI is InChI=1S/C14H17BrClN3/c1-9(2)14-10(8-19(3)18-14)7-17-13-5-4-11(15)6-12(13)16/h4-6,8-9,17H,7H2,1-3H3. The van der Waals surface area contributed by atoms with Crippen LogP contribution in [0.5, 0.6) is 0 Å². The molecule has 0 unspecified atom stereocenters. The number of benzene rings is 1. The minimum atomic E-state index is 0.415. The van der Waals surface area contributed by atoms with Gasteiger partial charge in [-0.25, -0.2) is 0 Å². The van der Waals surface area contributed by atoms with Gasteiger partial charge in [0.25, 0.3) is 0 Å². The topological polar surface area (TPSA) is 29.9 Å². The number of halogens is 2. The van der Waals surface area contributed by atoms with Gasteiger partial charge in [-0.2, -0.15) is 5.10 Å². The van der Waals surface area contributed by atoms with Crippen molar-refractivity contribution in [3.8, 4) is 0 Å². The maximum atomic E-state index is 6.19. The Kier molecular flexibility index (Phi) is 4.53. The highest BCUT2D eigenvalue weighted by atomic mass is 79.9. The summed E-state index contributed by atoms with van der Waals surface area (Å²) in [4.78, 5) is 0. The second kappa shape index (κ2) is 5.97. The molecular weight excluding hydrogens is 326 g/mol. The third-order valence-electron chi connectivity index (χ3n) is 2.88. The molecule has 5 heteroatoms. The summed E-state index contributed by atoms with van der Waals surface area (Å²) in [7, 11) is 1.95. The largest absolute Gasteiger partial charge is 0.380 e. The lowest BCUT2D eigenvalue weighted by atomic mass is 10.1. The molecule has 0 spiro atoms. The summed E-state index contributed by atoms with van der Waals surface area (Å²) >= 11 is 9.59. The number of rotatable bonds is 4. The van der Waals surface area contributed by atoms with Gasteiger partial charge in [0.15, 0.2) is 0 Å². The van der Waals surface area contributed by atoms with Crippen LogP contribution in [0.3, 0.4) is 0 Å². The molecule has 0 radical (unpaired) electrons. The number of aromatic nitrogens is 2. The SMILES string of the molecule is CC(C)c1nn(C)cc1CNc1ccc(Br)cc1Cl. The van der Waals surface area contributed by atoms with E-state index in [9.17, 15) is 0 Å². The zero-order valence-corrected chi connectivity index (χ0v) is 13.6. The zero-order chi connectivity index (χ0) is 14.0. The average molecular weight is 343 g/mol. The highest BCUT2D eigenvalue weighted by Gasteiger charge is 2.11. The Hall–Kier alpha value is -1.000. The fourth-order valence-corrected chi connectivity index (χ4v) is 2.74. The number of hydrogen-bond donors (Lipinski definition) is 1. The molecule has 1 heterocycles. The molecule has 0 saturated heterocycles. The molecule has 0 atom stereocenters. The van der Waals surface area contributed by atoms with Crippen molar-refractivity contribution >= 4 is 33.2 Å². The van der Waals surface area contributed by atoms with E-state index >= 15 is 0 Å². The summed E-state index contributed by atoms with van der Waals surface area (Å²) in [6, 6.07) is 5.83. The Morgan fingerprint density at radius 2 is 2.16 bits per heavy atom. The van der Waals surface area contributed by atoms with Crippen molar-refractivity contribution in [1.29, 1.82) is 0 Å². The van der Waals surface area contributed by atoms with Crippen molar-refractivity contribution in [2.24, 2.45) is 7.05 Å². The number of nitrogens with one attached hydrogen (secondary N) is 1. The first kappa shape index (κ1) is 14.4. The van der Waals surface area contributed by atoms with E-state index in [1.165, 1.54) is 5.56 Å². The van der Waals surface area contributed by atoms with Crippen LogP contribution in [0, 0.1) is 0 Å². The van der Waals surface area contributed by atoms with Crippen molar-refractivity contribution in [1.82, 2.24) is 9.78 Å². The summed E-state index contributed by atoms with van der Waals surface area (Å²) < 4.78 is 2.84. The van der Waals surface area contributed by atoms with Gasteiger partial charge in [0.2, 0.25) is 0 Å². The summed E-state index contributed by atoms with van der Waals surface area (Å²) in [6.45, 7) is 5.03. The second-order valence-corrected chi connectivity index (χ2v) is 6.17. The molecule has 0 amide bonds. The first-order valence-corrected chi connectivity index (χ1v) is 7.36. The Bertz CT molecular complexity index is 578. The van der Waals surface area contributed by atoms with Crippen LogP contribution in [0.2, 0.25) is 5.02 Å². The average Bonchev–Trinajstić information content (AvgIpc) is 2.69. The quantitative estimate of drug-likeness (QED) is 0.882. The highest BCUT2D eigenvalue weighted by molar-refractivity contribution is 9.10. The Morgan fingerprint density at radius 1 is 1.42 bits per heavy atom. The van der Waals surface area contributed by atoms with Gasteiger partial charge in [-0.05, 0) is 24.1 Å². The van der Waals surface area contributed by atoms with Crippen molar-refractivity contribution in [3.63, 3.8) is 0 Å². The number of nitrogens with zero attached hydrogens (tertiary/aromatic N) is 2. The molecule has 0 aliphatic rings. The van der Waals surface area contributed by atoms with Crippen LogP contribution in [0.4, 0.5) is 5.69 Å². The van der Waals surface area contributed by atoms with E-state index in [-0.39, 0.29) is 0 Å². The van der Waals surface area contributed by atoms with E-state index in [2.05, 4.69) is 46.4 Å². The number of hydrogen-bond acceptors (Lipinski definition) is 2. The molecule has 1 aromatic heterocycles. The van der Waals surface area contributed by atoms with Gasteiger partial charge in [0, 0.05) is 29.8 Å². The molecule has 1 N–H and O–H groups in total.